The molecule has 1 N–H and O–H groups in total. The Kier molecular flexibility index (Phi) is 5.64. The van der Waals surface area contributed by atoms with Crippen LogP contribution in [-0.4, -0.2) is 6.54 Å². The van der Waals surface area contributed by atoms with Crippen LogP contribution in [0.2, 0.25) is 0 Å². The molecule has 1 aromatic carbocycles. The van der Waals surface area contributed by atoms with E-state index in [9.17, 15) is 0 Å². The van der Waals surface area contributed by atoms with E-state index >= 15 is 0 Å². The summed E-state index contributed by atoms with van der Waals surface area (Å²) in [5, 5.41) is 5.83. The van der Waals surface area contributed by atoms with Crippen LogP contribution in [-0.2, 0) is 11.8 Å². The average Bonchev–Trinajstić information content (AvgIpc) is 2.84. The minimum atomic E-state index is 0.220. The van der Waals surface area contributed by atoms with E-state index in [1.807, 2.05) is 0 Å². The van der Waals surface area contributed by atoms with Gasteiger partial charge in [-0.25, -0.2) is 0 Å². The van der Waals surface area contributed by atoms with Crippen molar-refractivity contribution in [1.29, 1.82) is 0 Å². The lowest BCUT2D eigenvalue weighted by atomic mass is 9.86. The van der Waals surface area contributed by atoms with Crippen LogP contribution in [0.4, 0.5) is 0 Å². The molecule has 0 radical (unpaired) electrons. The predicted octanol–water partition coefficient (Wildman–Crippen LogP) is 5.70. The van der Waals surface area contributed by atoms with Crippen LogP contribution in [0.5, 0.6) is 0 Å². The molecular weight excluding hydrogens is 342 g/mol. The minimum Gasteiger partial charge on any atom is -0.310 e. The van der Waals surface area contributed by atoms with Crippen LogP contribution in [0.3, 0.4) is 0 Å². The maximum absolute atomic E-state index is 3.59. The lowest BCUT2D eigenvalue weighted by Crippen LogP contribution is -2.22. The van der Waals surface area contributed by atoms with Gasteiger partial charge >= 0.3 is 0 Å². The largest absolute Gasteiger partial charge is 0.310 e. The van der Waals surface area contributed by atoms with E-state index in [0.29, 0.717) is 6.04 Å². The van der Waals surface area contributed by atoms with Crippen LogP contribution in [0.1, 0.15) is 50.4 Å². The van der Waals surface area contributed by atoms with Gasteiger partial charge in [0.1, 0.15) is 0 Å². The summed E-state index contributed by atoms with van der Waals surface area (Å²) < 4.78 is 1.20. The van der Waals surface area contributed by atoms with Crippen molar-refractivity contribution in [3.8, 4) is 0 Å². The number of hydrogen-bond donors (Lipinski definition) is 1. The molecule has 1 atom stereocenters. The van der Waals surface area contributed by atoms with E-state index in [1.54, 1.807) is 11.3 Å². The van der Waals surface area contributed by atoms with Gasteiger partial charge in [-0.2, -0.15) is 0 Å². The molecule has 1 heterocycles. The molecule has 2 rings (SSSR count). The van der Waals surface area contributed by atoms with Crippen molar-refractivity contribution in [3.63, 3.8) is 0 Å². The second-order valence-corrected chi connectivity index (χ2v) is 8.74. The first kappa shape index (κ1) is 16.7. The molecule has 0 aliphatic heterocycles. The normalized spacial score (nSPS) is 13.4. The SMILES string of the molecule is CCNC(Cc1ccc(C(C)(C)C)cc1)c1csc(Br)c1. The molecule has 0 aliphatic rings. The van der Waals surface area contributed by atoms with Crippen molar-refractivity contribution in [2.45, 2.75) is 45.6 Å². The van der Waals surface area contributed by atoms with E-state index < -0.39 is 0 Å². The van der Waals surface area contributed by atoms with Gasteiger partial charge in [-0.15, -0.1) is 11.3 Å². The molecule has 114 valence electrons. The van der Waals surface area contributed by atoms with Crippen LogP contribution >= 0.6 is 27.3 Å². The Morgan fingerprint density at radius 2 is 1.86 bits per heavy atom. The maximum atomic E-state index is 3.59. The quantitative estimate of drug-likeness (QED) is 0.716. The molecule has 3 heteroatoms. The van der Waals surface area contributed by atoms with Gasteiger partial charge in [0.25, 0.3) is 0 Å². The highest BCUT2D eigenvalue weighted by Gasteiger charge is 2.15. The second-order valence-electron chi connectivity index (χ2n) is 6.45. The number of thiophene rings is 1. The van der Waals surface area contributed by atoms with E-state index in [1.165, 1.54) is 20.5 Å². The third-order valence-corrected chi connectivity index (χ3v) is 5.22. The fraction of sp³-hybridized carbons (Fsp3) is 0.444. The van der Waals surface area contributed by atoms with Crippen LogP contribution < -0.4 is 5.32 Å². The summed E-state index contributed by atoms with van der Waals surface area (Å²) in [6, 6.07) is 11.7. The lowest BCUT2D eigenvalue weighted by Gasteiger charge is -2.20. The van der Waals surface area contributed by atoms with E-state index in [0.717, 1.165) is 13.0 Å². The zero-order valence-electron chi connectivity index (χ0n) is 13.2. The van der Waals surface area contributed by atoms with Crippen molar-refractivity contribution in [2.75, 3.05) is 6.54 Å². The van der Waals surface area contributed by atoms with Gasteiger partial charge in [0.2, 0.25) is 0 Å². The maximum Gasteiger partial charge on any atom is 0.0701 e. The van der Waals surface area contributed by atoms with Crippen molar-refractivity contribution in [2.24, 2.45) is 0 Å². The molecule has 0 aliphatic carbocycles. The Hall–Kier alpha value is -0.640. The lowest BCUT2D eigenvalue weighted by molar-refractivity contribution is 0.550. The number of benzene rings is 1. The second kappa shape index (κ2) is 7.08. The number of halogens is 1. The van der Waals surface area contributed by atoms with Crippen molar-refractivity contribution < 1.29 is 0 Å². The molecule has 0 amide bonds. The van der Waals surface area contributed by atoms with Gasteiger partial charge in [0.05, 0.1) is 3.79 Å². The molecular formula is C18H24BrNS. The summed E-state index contributed by atoms with van der Waals surface area (Å²) in [6.45, 7) is 9.92. The summed E-state index contributed by atoms with van der Waals surface area (Å²) in [6.07, 6.45) is 1.03. The van der Waals surface area contributed by atoms with Gasteiger partial charge in [-0.1, -0.05) is 52.0 Å². The smallest absolute Gasteiger partial charge is 0.0701 e. The fourth-order valence-corrected chi connectivity index (χ4v) is 3.67. The van der Waals surface area contributed by atoms with E-state index in [-0.39, 0.29) is 5.41 Å². The summed E-state index contributed by atoms with van der Waals surface area (Å²) in [5.74, 6) is 0. The Labute approximate surface area is 140 Å². The molecule has 21 heavy (non-hydrogen) atoms. The minimum absolute atomic E-state index is 0.220. The van der Waals surface area contributed by atoms with E-state index in [4.69, 9.17) is 0 Å². The third-order valence-electron chi connectivity index (χ3n) is 3.70. The molecule has 1 nitrogen and oxygen atoms in total. The predicted molar refractivity (Wildman–Crippen MR) is 97.3 cm³/mol. The number of hydrogen-bond acceptors (Lipinski definition) is 2. The first-order valence-corrected chi connectivity index (χ1v) is 9.14. The molecule has 0 saturated carbocycles. The average molecular weight is 366 g/mol. The molecule has 0 saturated heterocycles. The summed E-state index contributed by atoms with van der Waals surface area (Å²) in [5.41, 5.74) is 4.37. The zero-order chi connectivity index (χ0) is 15.5. The first-order chi connectivity index (χ1) is 9.90. The van der Waals surface area contributed by atoms with Gasteiger partial charge in [-0.05, 0) is 62.4 Å². The van der Waals surface area contributed by atoms with Crippen molar-refractivity contribution >= 4 is 27.3 Å². The molecule has 1 aromatic heterocycles. The van der Waals surface area contributed by atoms with Crippen molar-refractivity contribution in [3.05, 3.63) is 56.2 Å². The van der Waals surface area contributed by atoms with E-state index in [2.05, 4.69) is 84.7 Å². The molecule has 0 spiro atoms. The Bertz CT molecular complexity index is 566. The van der Waals surface area contributed by atoms with Gasteiger partial charge in [0.15, 0.2) is 0 Å². The monoisotopic (exact) mass is 365 g/mol. The first-order valence-electron chi connectivity index (χ1n) is 7.47. The van der Waals surface area contributed by atoms with Crippen LogP contribution in [0.25, 0.3) is 0 Å². The molecule has 1 unspecified atom stereocenters. The highest BCUT2D eigenvalue weighted by molar-refractivity contribution is 9.11. The number of likely N-dealkylation sites (N-methyl/N-ethyl adjacent to an activating group) is 1. The zero-order valence-corrected chi connectivity index (χ0v) is 15.6. The molecule has 0 bridgehead atoms. The topological polar surface area (TPSA) is 12.0 Å². The molecule has 0 fully saturated rings. The standard InChI is InChI=1S/C18H24BrNS/c1-5-20-16(14-11-17(19)21-12-14)10-13-6-8-15(9-7-13)18(2,3)4/h6-9,11-12,16,20H,5,10H2,1-4H3. The summed E-state index contributed by atoms with van der Waals surface area (Å²) >= 11 is 5.31. The third kappa shape index (κ3) is 4.67. The number of nitrogens with one attached hydrogen (secondary N) is 1. The van der Waals surface area contributed by atoms with Crippen LogP contribution in [0.15, 0.2) is 39.5 Å². The Morgan fingerprint density at radius 1 is 1.19 bits per heavy atom. The van der Waals surface area contributed by atoms with Gasteiger partial charge in [-0.3, -0.25) is 0 Å². The summed E-state index contributed by atoms with van der Waals surface area (Å²) in [4.78, 5) is 0. The fourth-order valence-electron chi connectivity index (χ4n) is 2.44. The van der Waals surface area contributed by atoms with Crippen LogP contribution in [0, 0.1) is 0 Å². The Morgan fingerprint density at radius 3 is 2.33 bits per heavy atom. The van der Waals surface area contributed by atoms with Crippen molar-refractivity contribution in [1.82, 2.24) is 5.32 Å². The Balaban J connectivity index is 2.14. The van der Waals surface area contributed by atoms with Gasteiger partial charge in [0, 0.05) is 6.04 Å². The van der Waals surface area contributed by atoms with Gasteiger partial charge < -0.3 is 5.32 Å². The summed E-state index contributed by atoms with van der Waals surface area (Å²) in [7, 11) is 0. The highest BCUT2D eigenvalue weighted by atomic mass is 79.9. The highest BCUT2D eigenvalue weighted by Crippen LogP contribution is 2.28. The molecule has 2 aromatic rings. The number of rotatable bonds is 5.